The number of nitrogens with two attached hydrogens (primary N) is 1. The van der Waals surface area contributed by atoms with Gasteiger partial charge in [-0.1, -0.05) is 0 Å². The molecule has 0 saturated carbocycles. The van der Waals surface area contributed by atoms with E-state index in [-0.39, 0.29) is 23.3 Å². The molecule has 0 radical (unpaired) electrons. The van der Waals surface area contributed by atoms with Crippen molar-refractivity contribution < 1.29 is 14.0 Å². The van der Waals surface area contributed by atoms with Crippen LogP contribution in [0.15, 0.2) is 35.2 Å². The minimum atomic E-state index is -0.548. The van der Waals surface area contributed by atoms with Crippen molar-refractivity contribution in [1.29, 1.82) is 0 Å². The van der Waals surface area contributed by atoms with Crippen LogP contribution in [0.2, 0.25) is 0 Å². The average Bonchev–Trinajstić information content (AvgIpc) is 3.11. The van der Waals surface area contributed by atoms with E-state index < -0.39 is 5.91 Å². The summed E-state index contributed by atoms with van der Waals surface area (Å²) in [5.41, 5.74) is 6.34. The first-order chi connectivity index (χ1) is 12.0. The number of rotatable bonds is 5. The number of likely N-dealkylation sites (tertiary alicyclic amines) is 1. The van der Waals surface area contributed by atoms with Crippen LogP contribution in [-0.2, 0) is 4.79 Å². The number of amides is 2. The lowest BCUT2D eigenvalue weighted by Crippen LogP contribution is -2.39. The Kier molecular flexibility index (Phi) is 5.37. The number of thioether (sulfide) groups is 1. The van der Waals surface area contributed by atoms with Crippen molar-refractivity contribution in [3.63, 3.8) is 0 Å². The number of nitrogens with zero attached hydrogens (tertiary/aromatic N) is 2. The molecule has 1 aliphatic rings. The molecule has 0 unspecified atom stereocenters. The summed E-state index contributed by atoms with van der Waals surface area (Å²) < 4.78 is 12.9. The zero-order chi connectivity index (χ0) is 17.8. The minimum Gasteiger partial charge on any atom is -0.364 e. The fraction of sp³-hybridized carbons (Fsp3) is 0.353. The van der Waals surface area contributed by atoms with Gasteiger partial charge in [-0.2, -0.15) is 5.10 Å². The lowest BCUT2D eigenvalue weighted by molar-refractivity contribution is -0.129. The normalized spacial score (nSPS) is 15.3. The molecule has 0 spiro atoms. The van der Waals surface area contributed by atoms with Gasteiger partial charge in [0.25, 0.3) is 5.91 Å². The maximum absolute atomic E-state index is 12.9. The van der Waals surface area contributed by atoms with Crippen molar-refractivity contribution in [2.24, 2.45) is 5.73 Å². The van der Waals surface area contributed by atoms with E-state index >= 15 is 0 Å². The lowest BCUT2D eigenvalue weighted by atomic mass is 9.93. The highest BCUT2D eigenvalue weighted by atomic mass is 32.2. The quantitative estimate of drug-likeness (QED) is 0.797. The third kappa shape index (κ3) is 4.39. The van der Waals surface area contributed by atoms with Crippen molar-refractivity contribution in [2.75, 3.05) is 18.8 Å². The number of nitrogens with one attached hydrogen (secondary N) is 1. The van der Waals surface area contributed by atoms with Gasteiger partial charge < -0.3 is 10.6 Å². The molecular weight excluding hydrogens is 343 g/mol. The summed E-state index contributed by atoms with van der Waals surface area (Å²) in [7, 11) is 0. The molecule has 8 heteroatoms. The average molecular weight is 362 g/mol. The van der Waals surface area contributed by atoms with Crippen LogP contribution in [0.5, 0.6) is 0 Å². The first-order valence-corrected chi connectivity index (χ1v) is 9.03. The summed E-state index contributed by atoms with van der Waals surface area (Å²) in [5.74, 6) is -0.166. The summed E-state index contributed by atoms with van der Waals surface area (Å²) >= 11 is 1.41. The van der Waals surface area contributed by atoms with E-state index in [1.807, 2.05) is 4.90 Å². The Balaban J connectivity index is 1.48. The van der Waals surface area contributed by atoms with Gasteiger partial charge in [-0.3, -0.25) is 14.7 Å². The predicted octanol–water partition coefficient (Wildman–Crippen LogP) is 2.15. The Bertz CT molecular complexity index is 754. The first-order valence-electron chi connectivity index (χ1n) is 8.04. The second kappa shape index (κ2) is 7.69. The summed E-state index contributed by atoms with van der Waals surface area (Å²) in [6.07, 6.45) is 1.63. The molecule has 3 rings (SSSR count). The van der Waals surface area contributed by atoms with Gasteiger partial charge >= 0.3 is 0 Å². The predicted molar refractivity (Wildman–Crippen MR) is 92.8 cm³/mol. The van der Waals surface area contributed by atoms with Gasteiger partial charge in [0.2, 0.25) is 5.91 Å². The Morgan fingerprint density at radius 2 is 1.96 bits per heavy atom. The summed E-state index contributed by atoms with van der Waals surface area (Å²) in [6.45, 7) is 1.33. The second-order valence-corrected chi connectivity index (χ2v) is 7.02. The van der Waals surface area contributed by atoms with Gasteiger partial charge in [0.15, 0.2) is 0 Å². The molecule has 1 aliphatic heterocycles. The third-order valence-electron chi connectivity index (χ3n) is 4.31. The number of aromatic nitrogens is 2. The van der Waals surface area contributed by atoms with Gasteiger partial charge in [-0.25, -0.2) is 4.39 Å². The Morgan fingerprint density at radius 3 is 2.56 bits per heavy atom. The molecule has 1 aromatic heterocycles. The van der Waals surface area contributed by atoms with E-state index in [9.17, 15) is 14.0 Å². The van der Waals surface area contributed by atoms with Crippen molar-refractivity contribution in [3.8, 4) is 0 Å². The number of hydrogen-bond donors (Lipinski definition) is 2. The van der Waals surface area contributed by atoms with Crippen LogP contribution >= 0.6 is 11.8 Å². The lowest BCUT2D eigenvalue weighted by Gasteiger charge is -2.31. The number of benzene rings is 1. The van der Waals surface area contributed by atoms with E-state index in [1.165, 1.54) is 23.9 Å². The number of halogens is 1. The second-order valence-electron chi connectivity index (χ2n) is 5.97. The first kappa shape index (κ1) is 17.5. The van der Waals surface area contributed by atoms with E-state index in [2.05, 4.69) is 10.2 Å². The van der Waals surface area contributed by atoms with Crippen molar-refractivity contribution in [3.05, 3.63) is 47.5 Å². The number of aromatic amines is 1. The van der Waals surface area contributed by atoms with E-state index in [1.54, 1.807) is 18.2 Å². The minimum absolute atomic E-state index is 0.0789. The molecule has 6 nitrogen and oxygen atoms in total. The van der Waals surface area contributed by atoms with Gasteiger partial charge in [0.05, 0.1) is 5.75 Å². The standard InChI is InChI=1S/C17H19FN4O2S/c18-12-1-3-13(4-2-12)25-10-16(23)22-7-5-11(6-8-22)14-9-15(17(19)24)21-20-14/h1-4,9,11H,5-8,10H2,(H2,19,24)(H,20,21). The van der Waals surface area contributed by atoms with Crippen LogP contribution in [0.25, 0.3) is 0 Å². The highest BCUT2D eigenvalue weighted by Crippen LogP contribution is 2.28. The van der Waals surface area contributed by atoms with Crippen LogP contribution < -0.4 is 5.73 Å². The van der Waals surface area contributed by atoms with E-state index in [0.717, 1.165) is 23.4 Å². The molecule has 0 bridgehead atoms. The molecular formula is C17H19FN4O2S. The number of carbonyl (C=O) groups is 2. The summed E-state index contributed by atoms with van der Waals surface area (Å²) in [5, 5.41) is 6.77. The number of H-pyrrole nitrogens is 1. The van der Waals surface area contributed by atoms with Gasteiger partial charge in [-0.05, 0) is 43.2 Å². The Labute approximate surface area is 149 Å². The van der Waals surface area contributed by atoms with Crippen molar-refractivity contribution in [2.45, 2.75) is 23.7 Å². The molecule has 132 valence electrons. The van der Waals surface area contributed by atoms with Crippen molar-refractivity contribution in [1.82, 2.24) is 15.1 Å². The topological polar surface area (TPSA) is 92.1 Å². The molecule has 1 saturated heterocycles. The fourth-order valence-corrected chi connectivity index (χ4v) is 3.68. The Hall–Kier alpha value is -2.35. The zero-order valence-corrected chi connectivity index (χ0v) is 14.4. The number of primary amides is 1. The highest BCUT2D eigenvalue weighted by Gasteiger charge is 2.25. The molecule has 25 heavy (non-hydrogen) atoms. The number of piperidine rings is 1. The number of carbonyl (C=O) groups excluding carboxylic acids is 2. The summed E-state index contributed by atoms with van der Waals surface area (Å²) in [4.78, 5) is 26.2. The largest absolute Gasteiger partial charge is 0.364 e. The SMILES string of the molecule is NC(=O)c1cc(C2CCN(C(=O)CSc3ccc(F)cc3)CC2)[nH]n1. The molecule has 3 N–H and O–H groups in total. The maximum atomic E-state index is 12.9. The maximum Gasteiger partial charge on any atom is 0.269 e. The van der Waals surface area contributed by atoms with E-state index in [4.69, 9.17) is 5.73 Å². The molecule has 1 aromatic carbocycles. The Morgan fingerprint density at radius 1 is 1.28 bits per heavy atom. The molecule has 2 heterocycles. The van der Waals surface area contributed by atoms with Crippen LogP contribution in [0, 0.1) is 5.82 Å². The van der Waals surface area contributed by atoms with Gasteiger partial charge in [0.1, 0.15) is 11.5 Å². The highest BCUT2D eigenvalue weighted by molar-refractivity contribution is 8.00. The van der Waals surface area contributed by atoms with Gasteiger partial charge in [-0.15, -0.1) is 11.8 Å². The number of hydrogen-bond acceptors (Lipinski definition) is 4. The summed E-state index contributed by atoms with van der Waals surface area (Å²) in [6, 6.07) is 7.82. The monoisotopic (exact) mass is 362 g/mol. The fourth-order valence-electron chi connectivity index (χ4n) is 2.88. The molecule has 0 atom stereocenters. The van der Waals surface area contributed by atoms with Crippen LogP contribution in [0.1, 0.15) is 34.9 Å². The molecule has 1 fully saturated rings. The molecule has 0 aliphatic carbocycles. The molecule has 2 aromatic rings. The van der Waals surface area contributed by atoms with Crippen molar-refractivity contribution >= 4 is 23.6 Å². The van der Waals surface area contributed by atoms with Gasteiger partial charge in [0, 0.05) is 29.6 Å². The zero-order valence-electron chi connectivity index (χ0n) is 13.6. The van der Waals surface area contributed by atoms with Crippen LogP contribution in [0.3, 0.4) is 0 Å². The van der Waals surface area contributed by atoms with Crippen LogP contribution in [0.4, 0.5) is 4.39 Å². The smallest absolute Gasteiger partial charge is 0.269 e. The van der Waals surface area contributed by atoms with Crippen LogP contribution in [-0.4, -0.2) is 45.8 Å². The van der Waals surface area contributed by atoms with E-state index in [0.29, 0.717) is 18.8 Å². The molecule has 2 amide bonds. The third-order valence-corrected chi connectivity index (χ3v) is 5.31.